The van der Waals surface area contributed by atoms with E-state index in [0.717, 1.165) is 0 Å². The molecular formula is C6H12FeNaO11P. The summed E-state index contributed by atoms with van der Waals surface area (Å²) in [6.07, 6.45) is -2.29. The van der Waals surface area contributed by atoms with Crippen LogP contribution in [0.5, 0.6) is 0 Å². The van der Waals surface area contributed by atoms with Crippen LogP contribution in [0.2, 0.25) is 0 Å². The summed E-state index contributed by atoms with van der Waals surface area (Å²) in [6.45, 7) is 0. The van der Waals surface area contributed by atoms with E-state index in [-0.39, 0.29) is 48.1 Å². The quantitative estimate of drug-likeness (QED) is 0.180. The van der Waals surface area contributed by atoms with E-state index >= 15 is 0 Å². The zero-order valence-electron chi connectivity index (χ0n) is 11.0. The molecule has 7 N–H and O–H groups in total. The summed E-state index contributed by atoms with van der Waals surface area (Å²) in [5.74, 6) is -5.02. The Bertz CT molecular complexity index is 361. The molecule has 20 heavy (non-hydrogen) atoms. The number of hydrogen-bond acceptors (Lipinski definition) is 5. The summed E-state index contributed by atoms with van der Waals surface area (Å²) in [5, 5.41) is 33.8. The predicted octanol–water partition coefficient (Wildman–Crippen LogP) is -5.06. The van der Waals surface area contributed by atoms with Gasteiger partial charge in [-0.05, 0) is 0 Å². The maximum atomic E-state index is 10.3. The van der Waals surface area contributed by atoms with Gasteiger partial charge in [0.25, 0.3) is 0 Å². The number of rotatable bonds is 5. The number of aliphatic hydroxyl groups is 1. The van der Waals surface area contributed by atoms with Gasteiger partial charge in [-0.1, -0.05) is 0 Å². The average molecular weight is 370 g/mol. The maximum Gasteiger partial charge on any atom is 1.00 e. The van der Waals surface area contributed by atoms with Gasteiger partial charge in [-0.25, -0.2) is 9.36 Å². The Hall–Kier alpha value is -0.000519. The standard InChI is InChI=1S/C6H8O7.Fe.Na.H3O4P.H/c7-3(8)1-6(13,5(11)12)2-4(9)10;;;1-5(2,3)4;/h13H,1-2H2,(H,7,8)(H,9,10)(H,11,12);;;(H3,1,2,3,4);/q;;+1;;-1. The molecule has 0 aliphatic carbocycles. The molecule has 0 atom stereocenters. The summed E-state index contributed by atoms with van der Waals surface area (Å²) >= 11 is 0. The molecular weight excluding hydrogens is 358 g/mol. The number of carbonyl (C=O) groups is 3. The molecule has 0 unspecified atom stereocenters. The van der Waals surface area contributed by atoms with Crippen LogP contribution in [0.4, 0.5) is 0 Å². The summed E-state index contributed by atoms with van der Waals surface area (Å²) in [6, 6.07) is 0. The summed E-state index contributed by atoms with van der Waals surface area (Å²) in [7, 11) is -4.64. The molecule has 0 spiro atoms. The SMILES string of the molecule is O=C(O)CC(O)(CC(=O)O)C(=O)O.O=P(O)(O)O.[Fe].[H-].[Na+]. The molecule has 0 radical (unpaired) electrons. The number of aliphatic carboxylic acids is 3. The Morgan fingerprint density at radius 1 is 0.950 bits per heavy atom. The largest absolute Gasteiger partial charge is 1.00 e. The van der Waals surface area contributed by atoms with Crippen LogP contribution in [-0.4, -0.2) is 58.6 Å². The van der Waals surface area contributed by atoms with Gasteiger partial charge in [0, 0.05) is 17.1 Å². The Balaban J connectivity index is -0.0000000933. The number of carboxylic acids is 3. The molecule has 0 fully saturated rings. The van der Waals surface area contributed by atoms with Crippen LogP contribution in [-0.2, 0) is 36.0 Å². The zero-order valence-corrected chi connectivity index (χ0v) is 14.0. The first-order valence-electron chi connectivity index (χ1n) is 3.95. The molecule has 0 aliphatic heterocycles. The fraction of sp³-hybridized carbons (Fsp3) is 0.500. The molecule has 0 aromatic rings. The smallest absolute Gasteiger partial charge is 1.00 e. The first-order chi connectivity index (χ1) is 7.78. The minimum atomic E-state index is -4.64. The van der Waals surface area contributed by atoms with E-state index in [0.29, 0.717) is 0 Å². The molecule has 0 bridgehead atoms. The summed E-state index contributed by atoms with van der Waals surface area (Å²) < 4.78 is 8.88. The molecule has 11 nitrogen and oxygen atoms in total. The molecule has 0 aromatic heterocycles. The molecule has 0 heterocycles. The van der Waals surface area contributed by atoms with Gasteiger partial charge in [0.2, 0.25) is 0 Å². The van der Waals surface area contributed by atoms with E-state index in [1.165, 1.54) is 0 Å². The van der Waals surface area contributed by atoms with Crippen LogP contribution in [0.15, 0.2) is 0 Å². The van der Waals surface area contributed by atoms with E-state index in [4.69, 9.17) is 39.7 Å². The van der Waals surface area contributed by atoms with Gasteiger partial charge in [-0.2, -0.15) is 0 Å². The van der Waals surface area contributed by atoms with Crippen LogP contribution < -0.4 is 29.6 Å². The maximum absolute atomic E-state index is 10.3. The van der Waals surface area contributed by atoms with Gasteiger partial charge in [0.15, 0.2) is 5.60 Å². The van der Waals surface area contributed by atoms with Crippen molar-refractivity contribution in [3.8, 4) is 0 Å². The van der Waals surface area contributed by atoms with Crippen molar-refractivity contribution in [1.29, 1.82) is 0 Å². The Morgan fingerprint density at radius 2 is 1.15 bits per heavy atom. The number of phosphoric acid groups is 1. The minimum absolute atomic E-state index is 0. The topological polar surface area (TPSA) is 210 Å². The van der Waals surface area contributed by atoms with Crippen molar-refractivity contribution in [2.75, 3.05) is 0 Å². The Labute approximate surface area is 146 Å². The van der Waals surface area contributed by atoms with Crippen molar-refractivity contribution >= 4 is 25.7 Å². The molecule has 0 saturated heterocycles. The third kappa shape index (κ3) is 20.3. The molecule has 0 rings (SSSR count). The molecule has 14 heteroatoms. The van der Waals surface area contributed by atoms with Crippen molar-refractivity contribution in [2.45, 2.75) is 18.4 Å². The fourth-order valence-corrected chi connectivity index (χ4v) is 0.714. The van der Waals surface area contributed by atoms with Crippen LogP contribution >= 0.6 is 7.82 Å². The summed E-state index contributed by atoms with van der Waals surface area (Å²) in [5.41, 5.74) is -2.74. The van der Waals surface area contributed by atoms with Crippen molar-refractivity contribution in [2.24, 2.45) is 0 Å². The second-order valence-electron chi connectivity index (χ2n) is 2.99. The van der Waals surface area contributed by atoms with Crippen molar-refractivity contribution in [1.82, 2.24) is 0 Å². The third-order valence-corrected chi connectivity index (χ3v) is 1.29. The molecule has 0 saturated carbocycles. The molecule has 0 aliphatic rings. The monoisotopic (exact) mass is 370 g/mol. The molecule has 0 aromatic carbocycles. The normalized spacial score (nSPS) is 10.0. The Kier molecular flexibility index (Phi) is 16.4. The van der Waals surface area contributed by atoms with Crippen molar-refractivity contribution in [3.63, 3.8) is 0 Å². The van der Waals surface area contributed by atoms with E-state index in [1.807, 2.05) is 0 Å². The van der Waals surface area contributed by atoms with E-state index in [1.54, 1.807) is 0 Å². The van der Waals surface area contributed by atoms with Gasteiger partial charge in [0.1, 0.15) is 0 Å². The van der Waals surface area contributed by atoms with Crippen LogP contribution in [0.3, 0.4) is 0 Å². The van der Waals surface area contributed by atoms with Crippen molar-refractivity contribution < 1.29 is 102 Å². The summed E-state index contributed by atoms with van der Waals surface area (Å²) in [4.78, 5) is 52.0. The van der Waals surface area contributed by atoms with Gasteiger partial charge >= 0.3 is 55.3 Å². The van der Waals surface area contributed by atoms with Gasteiger partial charge in [0.05, 0.1) is 12.8 Å². The van der Waals surface area contributed by atoms with E-state index < -0.39 is 44.2 Å². The number of carboxylic acid groups (broad SMARTS) is 3. The zero-order chi connectivity index (χ0) is 15.1. The van der Waals surface area contributed by atoms with Crippen LogP contribution in [0.1, 0.15) is 14.3 Å². The molecule has 116 valence electrons. The average Bonchev–Trinajstić information content (AvgIpc) is 1.95. The third-order valence-electron chi connectivity index (χ3n) is 1.29. The van der Waals surface area contributed by atoms with Gasteiger partial charge < -0.3 is 36.5 Å². The van der Waals surface area contributed by atoms with E-state index in [2.05, 4.69) is 0 Å². The van der Waals surface area contributed by atoms with Crippen LogP contribution in [0, 0.1) is 0 Å². The minimum Gasteiger partial charge on any atom is -1.00 e. The second-order valence-corrected chi connectivity index (χ2v) is 4.02. The molecule has 0 amide bonds. The number of hydrogen-bond donors (Lipinski definition) is 7. The Morgan fingerprint density at radius 3 is 1.25 bits per heavy atom. The van der Waals surface area contributed by atoms with Gasteiger partial charge in [-0.15, -0.1) is 0 Å². The predicted molar refractivity (Wildman–Crippen MR) is 52.5 cm³/mol. The first-order valence-corrected chi connectivity index (χ1v) is 5.52. The van der Waals surface area contributed by atoms with Crippen molar-refractivity contribution in [3.05, 3.63) is 0 Å². The van der Waals surface area contributed by atoms with Crippen LogP contribution in [0.25, 0.3) is 0 Å². The fourth-order valence-electron chi connectivity index (χ4n) is 0.714. The first kappa shape index (κ1) is 28.2. The van der Waals surface area contributed by atoms with Gasteiger partial charge in [-0.3, -0.25) is 9.59 Å². The second kappa shape index (κ2) is 11.6. The van der Waals surface area contributed by atoms with E-state index in [9.17, 15) is 14.4 Å².